The van der Waals surface area contributed by atoms with Gasteiger partial charge in [0.2, 0.25) is 5.91 Å². The summed E-state index contributed by atoms with van der Waals surface area (Å²) in [6.07, 6.45) is 1.88. The lowest BCUT2D eigenvalue weighted by Gasteiger charge is -2.32. The summed E-state index contributed by atoms with van der Waals surface area (Å²) in [7, 11) is 3.10. The van der Waals surface area contributed by atoms with E-state index in [1.165, 1.54) is 11.1 Å². The molecule has 1 amide bonds. The number of ether oxygens (including phenoxy) is 2. The molecule has 2 aromatic rings. The molecule has 1 unspecified atom stereocenters. The Bertz CT molecular complexity index is 823. The first kappa shape index (κ1) is 20.5. The van der Waals surface area contributed by atoms with Crippen LogP contribution in [0.15, 0.2) is 36.4 Å². The molecule has 1 saturated heterocycles. The summed E-state index contributed by atoms with van der Waals surface area (Å²) < 4.78 is 10.6. The van der Waals surface area contributed by atoms with Crippen molar-refractivity contribution >= 4 is 23.2 Å². The van der Waals surface area contributed by atoms with E-state index >= 15 is 0 Å². The third-order valence-electron chi connectivity index (χ3n) is 5.13. The normalized spacial score (nSPS) is 17.2. The second-order valence-corrected chi connectivity index (χ2v) is 7.64. The van der Waals surface area contributed by atoms with Gasteiger partial charge >= 0.3 is 0 Å². The van der Waals surface area contributed by atoms with Crippen molar-refractivity contribution in [2.75, 3.05) is 32.6 Å². The van der Waals surface area contributed by atoms with Crippen molar-refractivity contribution in [1.29, 1.82) is 0 Å². The SMILES string of the molecule is COc1cc(NC(=O)C2CCCN(Cc3ccc(C)cc3)C2)c(OC)cc1Cl. The van der Waals surface area contributed by atoms with Crippen LogP contribution in [0.3, 0.4) is 0 Å². The molecule has 0 bridgehead atoms. The van der Waals surface area contributed by atoms with Crippen LogP contribution in [0.5, 0.6) is 11.5 Å². The van der Waals surface area contributed by atoms with E-state index in [0.717, 1.165) is 32.5 Å². The summed E-state index contributed by atoms with van der Waals surface area (Å²) in [5, 5.41) is 3.44. The van der Waals surface area contributed by atoms with E-state index in [2.05, 4.69) is 41.4 Å². The minimum atomic E-state index is -0.0643. The number of carbonyl (C=O) groups is 1. The Morgan fingerprint density at radius 2 is 1.89 bits per heavy atom. The zero-order valence-electron chi connectivity index (χ0n) is 16.6. The van der Waals surface area contributed by atoms with Crippen molar-refractivity contribution in [3.63, 3.8) is 0 Å². The minimum Gasteiger partial charge on any atom is -0.495 e. The molecular formula is C22H27ClN2O3. The number of halogens is 1. The monoisotopic (exact) mass is 402 g/mol. The van der Waals surface area contributed by atoms with Crippen LogP contribution in [0, 0.1) is 12.8 Å². The fourth-order valence-corrected chi connectivity index (χ4v) is 3.79. The first-order valence-electron chi connectivity index (χ1n) is 9.50. The van der Waals surface area contributed by atoms with Crippen LogP contribution in [0.1, 0.15) is 24.0 Å². The van der Waals surface area contributed by atoms with E-state index in [0.29, 0.717) is 22.2 Å². The molecule has 0 aromatic heterocycles. The van der Waals surface area contributed by atoms with Gasteiger partial charge in [-0.1, -0.05) is 41.4 Å². The predicted molar refractivity (Wildman–Crippen MR) is 112 cm³/mol. The Hall–Kier alpha value is -2.24. The number of carbonyl (C=O) groups excluding carboxylic acids is 1. The molecule has 0 spiro atoms. The first-order valence-corrected chi connectivity index (χ1v) is 9.88. The van der Waals surface area contributed by atoms with E-state index in [1.807, 2.05) is 0 Å². The third-order valence-corrected chi connectivity index (χ3v) is 5.43. The lowest BCUT2D eigenvalue weighted by molar-refractivity contribution is -0.121. The molecule has 2 aromatic carbocycles. The molecule has 0 radical (unpaired) electrons. The van der Waals surface area contributed by atoms with Crippen LogP contribution in [-0.2, 0) is 11.3 Å². The fraction of sp³-hybridized carbons (Fsp3) is 0.409. The predicted octanol–water partition coefficient (Wildman–Crippen LogP) is 4.52. The van der Waals surface area contributed by atoms with Gasteiger partial charge in [-0.05, 0) is 31.9 Å². The van der Waals surface area contributed by atoms with Gasteiger partial charge in [0.1, 0.15) is 11.5 Å². The number of hydrogen-bond acceptors (Lipinski definition) is 4. The Labute approximate surface area is 171 Å². The Kier molecular flexibility index (Phi) is 6.81. The summed E-state index contributed by atoms with van der Waals surface area (Å²) >= 11 is 6.15. The van der Waals surface area contributed by atoms with E-state index < -0.39 is 0 Å². The van der Waals surface area contributed by atoms with Crippen LogP contribution in [0.2, 0.25) is 5.02 Å². The molecule has 0 saturated carbocycles. The van der Waals surface area contributed by atoms with Crippen molar-refractivity contribution in [3.05, 3.63) is 52.5 Å². The van der Waals surface area contributed by atoms with Crippen molar-refractivity contribution in [2.24, 2.45) is 5.92 Å². The van der Waals surface area contributed by atoms with E-state index in [9.17, 15) is 4.79 Å². The summed E-state index contributed by atoms with van der Waals surface area (Å²) in [5.41, 5.74) is 3.10. The van der Waals surface area contributed by atoms with E-state index in [1.54, 1.807) is 26.4 Å². The Morgan fingerprint density at radius 3 is 2.57 bits per heavy atom. The lowest BCUT2D eigenvalue weighted by Crippen LogP contribution is -2.40. The molecule has 1 aliphatic rings. The Balaban J connectivity index is 1.66. The highest BCUT2D eigenvalue weighted by Crippen LogP contribution is 2.36. The topological polar surface area (TPSA) is 50.8 Å². The Morgan fingerprint density at radius 1 is 1.18 bits per heavy atom. The largest absolute Gasteiger partial charge is 0.495 e. The van der Waals surface area contributed by atoms with Gasteiger partial charge in [0.05, 0.1) is 30.8 Å². The smallest absolute Gasteiger partial charge is 0.228 e. The molecule has 6 heteroatoms. The molecule has 1 N–H and O–H groups in total. The number of amides is 1. The summed E-state index contributed by atoms with van der Waals surface area (Å²) in [6, 6.07) is 11.9. The number of nitrogens with one attached hydrogen (secondary N) is 1. The highest BCUT2D eigenvalue weighted by Gasteiger charge is 2.26. The maximum atomic E-state index is 12.9. The van der Waals surface area contributed by atoms with Gasteiger partial charge < -0.3 is 14.8 Å². The molecule has 0 aliphatic carbocycles. The molecule has 1 fully saturated rings. The number of nitrogens with zero attached hydrogens (tertiary/aromatic N) is 1. The molecule has 150 valence electrons. The molecule has 1 atom stereocenters. The lowest BCUT2D eigenvalue weighted by atomic mass is 9.96. The fourth-order valence-electron chi connectivity index (χ4n) is 3.56. The molecule has 1 aliphatic heterocycles. The second-order valence-electron chi connectivity index (χ2n) is 7.24. The zero-order valence-corrected chi connectivity index (χ0v) is 17.4. The van der Waals surface area contributed by atoms with Gasteiger partial charge in [-0.15, -0.1) is 0 Å². The average molecular weight is 403 g/mol. The van der Waals surface area contributed by atoms with Crippen molar-refractivity contribution in [3.8, 4) is 11.5 Å². The first-order chi connectivity index (χ1) is 13.5. The summed E-state index contributed by atoms with van der Waals surface area (Å²) in [5.74, 6) is 0.954. The van der Waals surface area contributed by atoms with Gasteiger partial charge in [-0.25, -0.2) is 0 Å². The number of methoxy groups -OCH3 is 2. The zero-order chi connectivity index (χ0) is 20.1. The number of anilines is 1. The molecule has 1 heterocycles. The number of rotatable bonds is 6. The van der Waals surface area contributed by atoms with Gasteiger partial charge in [-0.2, -0.15) is 0 Å². The molecule has 3 rings (SSSR count). The number of aryl methyl sites for hydroxylation is 1. The highest BCUT2D eigenvalue weighted by molar-refractivity contribution is 6.32. The number of piperidine rings is 1. The molecule has 28 heavy (non-hydrogen) atoms. The van der Waals surface area contributed by atoms with Crippen LogP contribution < -0.4 is 14.8 Å². The maximum Gasteiger partial charge on any atom is 0.228 e. The van der Waals surface area contributed by atoms with Gasteiger partial charge in [-0.3, -0.25) is 9.69 Å². The molecule has 5 nitrogen and oxygen atoms in total. The number of likely N-dealkylation sites (tertiary alicyclic amines) is 1. The quantitative estimate of drug-likeness (QED) is 0.772. The van der Waals surface area contributed by atoms with Gasteiger partial charge in [0.25, 0.3) is 0 Å². The van der Waals surface area contributed by atoms with Crippen LogP contribution in [-0.4, -0.2) is 38.1 Å². The third kappa shape index (κ3) is 4.97. The van der Waals surface area contributed by atoms with Crippen LogP contribution in [0.4, 0.5) is 5.69 Å². The summed E-state index contributed by atoms with van der Waals surface area (Å²) in [6.45, 7) is 4.70. The minimum absolute atomic E-state index is 0.00344. The molecular weight excluding hydrogens is 376 g/mol. The highest BCUT2D eigenvalue weighted by atomic mass is 35.5. The maximum absolute atomic E-state index is 12.9. The second kappa shape index (κ2) is 9.30. The number of hydrogen-bond donors (Lipinski definition) is 1. The standard InChI is InChI=1S/C22H27ClN2O3/c1-15-6-8-16(9-7-15)13-25-10-4-5-17(14-25)22(26)24-19-12-20(27-2)18(23)11-21(19)28-3/h6-9,11-12,17H,4-5,10,13-14H2,1-3H3,(H,24,26). The summed E-state index contributed by atoms with van der Waals surface area (Å²) in [4.78, 5) is 15.2. The average Bonchev–Trinajstić information content (AvgIpc) is 2.70. The van der Waals surface area contributed by atoms with Crippen molar-refractivity contribution in [1.82, 2.24) is 4.90 Å². The van der Waals surface area contributed by atoms with Gasteiger partial charge in [0, 0.05) is 25.2 Å². The van der Waals surface area contributed by atoms with Crippen LogP contribution >= 0.6 is 11.6 Å². The van der Waals surface area contributed by atoms with Crippen molar-refractivity contribution < 1.29 is 14.3 Å². The van der Waals surface area contributed by atoms with Crippen molar-refractivity contribution in [2.45, 2.75) is 26.3 Å². The van der Waals surface area contributed by atoms with E-state index in [-0.39, 0.29) is 11.8 Å². The van der Waals surface area contributed by atoms with Crippen LogP contribution in [0.25, 0.3) is 0 Å². The number of benzene rings is 2. The van der Waals surface area contributed by atoms with E-state index in [4.69, 9.17) is 21.1 Å². The van der Waals surface area contributed by atoms with Gasteiger partial charge in [0.15, 0.2) is 0 Å².